The van der Waals surface area contributed by atoms with E-state index < -0.39 is 5.97 Å². The first-order valence-corrected chi connectivity index (χ1v) is 4.74. The molecule has 8 heteroatoms. The van der Waals surface area contributed by atoms with Crippen LogP contribution in [-0.4, -0.2) is 37.8 Å². The Morgan fingerprint density at radius 3 is 3.06 bits per heavy atom. The van der Waals surface area contributed by atoms with Gasteiger partial charge in [-0.1, -0.05) is 12.2 Å². The van der Waals surface area contributed by atoms with Crippen LogP contribution in [0.2, 0.25) is 0 Å². The number of ether oxygens (including phenoxy) is 1. The number of nitrogens with zero attached hydrogens (tertiary/aromatic N) is 3. The van der Waals surface area contributed by atoms with Crippen molar-refractivity contribution in [3.05, 3.63) is 22.2 Å². The molecule has 2 heterocycles. The summed E-state index contributed by atoms with van der Waals surface area (Å²) in [5, 5.41) is 11.6. The molecule has 0 radical (unpaired) electrons. The molecule has 0 saturated heterocycles. The molecule has 7 nitrogen and oxygen atoms in total. The number of aliphatic hydroxyl groups excluding tert-OH is 1. The summed E-state index contributed by atoms with van der Waals surface area (Å²) in [5.41, 5.74) is 0.396. The third-order valence-corrected chi connectivity index (χ3v) is 2.22. The smallest absolute Gasteiger partial charge is 0.375 e. The summed E-state index contributed by atoms with van der Waals surface area (Å²) >= 11 is 5.03. The molecule has 0 aliphatic rings. The summed E-state index contributed by atoms with van der Waals surface area (Å²) in [6.07, 6.45) is 0. The summed E-state index contributed by atoms with van der Waals surface area (Å²) in [7, 11) is 1.25. The van der Waals surface area contributed by atoms with E-state index in [0.717, 1.165) is 0 Å². The second-order valence-electron chi connectivity index (χ2n) is 2.94. The normalized spacial score (nSPS) is 10.6. The monoisotopic (exact) mass is 240 g/mol. The molecule has 2 N–H and O–H groups in total. The van der Waals surface area contributed by atoms with E-state index in [-0.39, 0.29) is 18.2 Å². The second kappa shape index (κ2) is 3.99. The minimum Gasteiger partial charge on any atom is -0.463 e. The molecule has 2 rings (SSSR count). The van der Waals surface area contributed by atoms with Crippen molar-refractivity contribution in [3.63, 3.8) is 0 Å². The maximum absolute atomic E-state index is 11.2. The SMILES string of the molecule is COC(=O)c1nc2nc(CO)cc(=S)n2[nH]1. The molecule has 0 bridgehead atoms. The van der Waals surface area contributed by atoms with Crippen LogP contribution in [0.15, 0.2) is 6.07 Å². The van der Waals surface area contributed by atoms with Crippen molar-refractivity contribution >= 4 is 24.0 Å². The number of aliphatic hydroxyl groups is 1. The van der Waals surface area contributed by atoms with Crippen molar-refractivity contribution in [2.24, 2.45) is 0 Å². The summed E-state index contributed by atoms with van der Waals surface area (Å²) in [6.45, 7) is -0.236. The molecule has 0 aromatic carbocycles. The minimum atomic E-state index is -0.606. The fourth-order valence-corrected chi connectivity index (χ4v) is 1.46. The molecule has 0 aliphatic heterocycles. The van der Waals surface area contributed by atoms with Crippen molar-refractivity contribution in [2.75, 3.05) is 7.11 Å². The highest BCUT2D eigenvalue weighted by molar-refractivity contribution is 7.71. The highest BCUT2D eigenvalue weighted by Gasteiger charge is 2.12. The van der Waals surface area contributed by atoms with Gasteiger partial charge in [-0.2, -0.15) is 4.98 Å². The Hall–Kier alpha value is -1.80. The van der Waals surface area contributed by atoms with Crippen molar-refractivity contribution < 1.29 is 14.6 Å². The van der Waals surface area contributed by atoms with Crippen molar-refractivity contribution in [3.8, 4) is 0 Å². The molecular formula is C8H8N4O3S. The number of hydrogen-bond acceptors (Lipinski definition) is 6. The van der Waals surface area contributed by atoms with Crippen LogP contribution in [0.25, 0.3) is 5.78 Å². The molecule has 0 amide bonds. The highest BCUT2D eigenvalue weighted by Crippen LogP contribution is 2.04. The molecule has 0 fully saturated rings. The van der Waals surface area contributed by atoms with Gasteiger partial charge in [-0.15, -0.1) is 0 Å². The van der Waals surface area contributed by atoms with E-state index in [9.17, 15) is 4.79 Å². The fourth-order valence-electron chi connectivity index (χ4n) is 1.20. The van der Waals surface area contributed by atoms with Gasteiger partial charge in [-0.3, -0.25) is 5.10 Å². The van der Waals surface area contributed by atoms with Crippen molar-refractivity contribution in [2.45, 2.75) is 6.61 Å². The largest absolute Gasteiger partial charge is 0.463 e. The lowest BCUT2D eigenvalue weighted by molar-refractivity contribution is 0.0587. The van der Waals surface area contributed by atoms with Crippen LogP contribution < -0.4 is 0 Å². The number of esters is 1. The lowest BCUT2D eigenvalue weighted by Crippen LogP contribution is -2.03. The quantitative estimate of drug-likeness (QED) is 0.570. The highest BCUT2D eigenvalue weighted by atomic mass is 32.1. The molecule has 0 aliphatic carbocycles. The number of carbonyl (C=O) groups excluding carboxylic acids is 1. The van der Waals surface area contributed by atoms with Crippen LogP contribution in [0.3, 0.4) is 0 Å². The minimum absolute atomic E-state index is 0.0104. The average molecular weight is 240 g/mol. The van der Waals surface area contributed by atoms with Gasteiger partial charge in [0.2, 0.25) is 5.82 Å². The number of aromatic nitrogens is 4. The fraction of sp³-hybridized carbons (Fsp3) is 0.250. The van der Waals surface area contributed by atoms with E-state index in [2.05, 4.69) is 19.8 Å². The molecule has 0 atom stereocenters. The van der Waals surface area contributed by atoms with Crippen LogP contribution in [0.5, 0.6) is 0 Å². The topological polar surface area (TPSA) is 92.5 Å². The predicted molar refractivity (Wildman–Crippen MR) is 55.4 cm³/mol. The zero-order valence-electron chi connectivity index (χ0n) is 8.30. The van der Waals surface area contributed by atoms with E-state index in [1.165, 1.54) is 17.7 Å². The standard InChI is InChI=1S/C8H8N4O3S/c1-15-7(14)6-10-8-9-4(3-13)2-5(16)12(8)11-6/h2,13H,3H2,1H3,(H,9,10,11). The number of carbonyl (C=O) groups is 1. The van der Waals surface area contributed by atoms with Gasteiger partial charge in [0.1, 0.15) is 4.64 Å². The number of H-pyrrole nitrogens is 1. The number of fused-ring (bicyclic) bond motifs is 1. The van der Waals surface area contributed by atoms with Gasteiger partial charge in [0, 0.05) is 0 Å². The van der Waals surface area contributed by atoms with Crippen LogP contribution in [-0.2, 0) is 11.3 Å². The maximum atomic E-state index is 11.2. The van der Waals surface area contributed by atoms with E-state index in [1.54, 1.807) is 0 Å². The summed E-state index contributed by atoms with van der Waals surface area (Å²) in [4.78, 5) is 19.1. The Kier molecular flexibility index (Phi) is 2.67. The molecule has 84 valence electrons. The van der Waals surface area contributed by atoms with Crippen LogP contribution >= 0.6 is 12.2 Å². The molecule has 16 heavy (non-hydrogen) atoms. The lowest BCUT2D eigenvalue weighted by Gasteiger charge is -1.95. The Bertz CT molecular complexity index is 603. The number of aromatic amines is 1. The van der Waals surface area contributed by atoms with E-state index in [1.807, 2.05) is 0 Å². The molecule has 0 saturated carbocycles. The predicted octanol–water partition coefficient (Wildman–Crippen LogP) is 0.0658. The van der Waals surface area contributed by atoms with E-state index >= 15 is 0 Å². The van der Waals surface area contributed by atoms with Crippen molar-refractivity contribution in [1.82, 2.24) is 19.6 Å². The maximum Gasteiger partial charge on any atom is 0.375 e. The first-order chi connectivity index (χ1) is 7.65. The molecule has 2 aromatic rings. The van der Waals surface area contributed by atoms with Crippen LogP contribution in [0.4, 0.5) is 0 Å². The second-order valence-corrected chi connectivity index (χ2v) is 3.36. The molecule has 2 aromatic heterocycles. The zero-order valence-corrected chi connectivity index (χ0v) is 9.11. The third-order valence-electron chi connectivity index (χ3n) is 1.92. The zero-order chi connectivity index (χ0) is 11.7. The van der Waals surface area contributed by atoms with Gasteiger partial charge < -0.3 is 9.84 Å². The first-order valence-electron chi connectivity index (χ1n) is 4.33. The van der Waals surface area contributed by atoms with Gasteiger partial charge in [-0.05, 0) is 6.07 Å². The van der Waals surface area contributed by atoms with Crippen LogP contribution in [0.1, 0.15) is 16.3 Å². The van der Waals surface area contributed by atoms with Gasteiger partial charge in [-0.25, -0.2) is 14.3 Å². The Morgan fingerprint density at radius 2 is 2.44 bits per heavy atom. The number of hydrogen-bond donors (Lipinski definition) is 2. The third kappa shape index (κ3) is 1.68. The molecule has 0 unspecified atom stereocenters. The number of rotatable bonds is 2. The van der Waals surface area contributed by atoms with Gasteiger partial charge >= 0.3 is 5.97 Å². The molecular weight excluding hydrogens is 232 g/mol. The first kappa shape index (κ1) is 10.7. The summed E-state index contributed by atoms with van der Waals surface area (Å²) in [6, 6.07) is 1.52. The summed E-state index contributed by atoms with van der Waals surface area (Å²) in [5.74, 6) is -0.376. The van der Waals surface area contributed by atoms with E-state index in [4.69, 9.17) is 17.3 Å². The van der Waals surface area contributed by atoms with Gasteiger partial charge in [0.05, 0.1) is 19.4 Å². The molecule has 0 spiro atoms. The van der Waals surface area contributed by atoms with Crippen molar-refractivity contribution in [1.29, 1.82) is 0 Å². The lowest BCUT2D eigenvalue weighted by atomic mass is 10.4. The Balaban J connectivity index is 2.66. The Labute approximate surface area is 94.7 Å². The van der Waals surface area contributed by atoms with E-state index in [0.29, 0.717) is 10.3 Å². The number of methoxy groups -OCH3 is 1. The van der Waals surface area contributed by atoms with Gasteiger partial charge in [0.15, 0.2) is 0 Å². The summed E-state index contributed by atoms with van der Waals surface area (Å²) < 4.78 is 6.24. The Morgan fingerprint density at radius 1 is 1.69 bits per heavy atom. The number of nitrogens with one attached hydrogen (secondary N) is 1. The van der Waals surface area contributed by atoms with Crippen LogP contribution in [0, 0.1) is 4.64 Å². The van der Waals surface area contributed by atoms with Gasteiger partial charge in [0.25, 0.3) is 5.78 Å². The average Bonchev–Trinajstić information content (AvgIpc) is 2.72.